The first-order chi connectivity index (χ1) is 7.18. The van der Waals surface area contributed by atoms with Crippen molar-refractivity contribution in [1.29, 1.82) is 0 Å². The summed E-state index contributed by atoms with van der Waals surface area (Å²) in [5.74, 6) is -0.381. The van der Waals surface area contributed by atoms with Crippen LogP contribution in [0.3, 0.4) is 0 Å². The van der Waals surface area contributed by atoms with Crippen LogP contribution < -0.4 is 0 Å². The van der Waals surface area contributed by atoms with Gasteiger partial charge in [0.25, 0.3) is 0 Å². The molecule has 1 saturated carbocycles. The van der Waals surface area contributed by atoms with E-state index in [2.05, 4.69) is 19.1 Å². The van der Waals surface area contributed by atoms with E-state index in [1.54, 1.807) is 0 Å². The van der Waals surface area contributed by atoms with E-state index >= 15 is 0 Å². The zero-order chi connectivity index (χ0) is 10.8. The Morgan fingerprint density at radius 3 is 2.67 bits per heavy atom. The monoisotopic (exact) mass is 204 g/mol. The number of carboxylic acids is 1. The fourth-order valence-electron chi connectivity index (χ4n) is 2.26. The smallest absolute Gasteiger partial charge is 0.306 e. The van der Waals surface area contributed by atoms with Crippen molar-refractivity contribution in [3.8, 4) is 0 Å². The number of rotatable bonds is 3. The van der Waals surface area contributed by atoms with Crippen molar-refractivity contribution in [3.05, 3.63) is 35.4 Å². The Labute approximate surface area is 89.9 Å². The lowest BCUT2D eigenvalue weighted by atomic mass is 9.70. The summed E-state index contributed by atoms with van der Waals surface area (Å²) in [4.78, 5) is 10.9. The predicted molar refractivity (Wildman–Crippen MR) is 58.7 cm³/mol. The molecule has 2 atom stereocenters. The van der Waals surface area contributed by atoms with Gasteiger partial charge in [0, 0.05) is 0 Å². The van der Waals surface area contributed by atoms with Gasteiger partial charge in [0.05, 0.1) is 5.92 Å². The summed E-state index contributed by atoms with van der Waals surface area (Å²) in [6.07, 6.45) is 2.83. The molecule has 0 radical (unpaired) electrons. The molecule has 1 aliphatic rings. The van der Waals surface area contributed by atoms with Crippen molar-refractivity contribution in [3.63, 3.8) is 0 Å². The summed E-state index contributed by atoms with van der Waals surface area (Å²) in [7, 11) is 0. The summed E-state index contributed by atoms with van der Waals surface area (Å²) < 4.78 is 0. The van der Waals surface area contributed by atoms with Gasteiger partial charge in [0.15, 0.2) is 0 Å². The number of carboxylic acid groups (broad SMARTS) is 1. The first kappa shape index (κ1) is 10.2. The van der Waals surface area contributed by atoms with Gasteiger partial charge in [-0.25, -0.2) is 0 Å². The molecule has 0 aromatic heterocycles. The number of aryl methyl sites for hydroxylation is 1. The van der Waals surface area contributed by atoms with Gasteiger partial charge in [-0.3, -0.25) is 4.79 Å². The Kier molecular flexibility index (Phi) is 2.76. The van der Waals surface area contributed by atoms with Crippen molar-refractivity contribution in [1.82, 2.24) is 0 Å². The largest absolute Gasteiger partial charge is 0.481 e. The van der Waals surface area contributed by atoms with Crippen LogP contribution in [0.2, 0.25) is 0 Å². The summed E-state index contributed by atoms with van der Waals surface area (Å²) in [5, 5.41) is 8.95. The van der Waals surface area contributed by atoms with E-state index in [0.29, 0.717) is 5.92 Å². The summed E-state index contributed by atoms with van der Waals surface area (Å²) in [5.41, 5.74) is 2.57. The second-order valence-electron chi connectivity index (χ2n) is 4.41. The van der Waals surface area contributed by atoms with Crippen molar-refractivity contribution in [2.75, 3.05) is 0 Å². The maximum absolute atomic E-state index is 10.9. The Hall–Kier alpha value is -1.31. The first-order valence-corrected chi connectivity index (χ1v) is 5.46. The Morgan fingerprint density at radius 2 is 2.13 bits per heavy atom. The topological polar surface area (TPSA) is 37.3 Å². The number of carbonyl (C=O) groups is 1. The third-order valence-corrected chi connectivity index (χ3v) is 3.48. The van der Waals surface area contributed by atoms with E-state index in [1.807, 2.05) is 12.1 Å². The van der Waals surface area contributed by atoms with Crippen LogP contribution in [-0.2, 0) is 11.2 Å². The third-order valence-electron chi connectivity index (χ3n) is 3.48. The lowest BCUT2D eigenvalue weighted by Gasteiger charge is -2.33. The fourth-order valence-corrected chi connectivity index (χ4v) is 2.26. The van der Waals surface area contributed by atoms with E-state index in [0.717, 1.165) is 19.3 Å². The molecule has 1 aromatic rings. The molecule has 0 saturated heterocycles. The number of aliphatic carboxylic acids is 1. The Morgan fingerprint density at radius 1 is 1.40 bits per heavy atom. The van der Waals surface area contributed by atoms with Crippen molar-refractivity contribution < 1.29 is 9.90 Å². The highest BCUT2D eigenvalue weighted by Gasteiger charge is 2.36. The molecule has 0 heterocycles. The quantitative estimate of drug-likeness (QED) is 0.821. The zero-order valence-electron chi connectivity index (χ0n) is 8.94. The average Bonchev–Trinajstić information content (AvgIpc) is 2.13. The van der Waals surface area contributed by atoms with Crippen LogP contribution in [0.1, 0.15) is 24.0 Å². The van der Waals surface area contributed by atoms with Crippen LogP contribution >= 0.6 is 0 Å². The number of benzene rings is 1. The van der Waals surface area contributed by atoms with Crippen LogP contribution in [-0.4, -0.2) is 11.1 Å². The normalized spacial score (nSPS) is 24.6. The molecule has 1 aromatic carbocycles. The molecule has 80 valence electrons. The SMILES string of the molecule is Cc1ccccc1CC1CCC1C(=O)O. The van der Waals surface area contributed by atoms with Gasteiger partial charge in [-0.15, -0.1) is 0 Å². The van der Waals surface area contributed by atoms with E-state index < -0.39 is 5.97 Å². The van der Waals surface area contributed by atoms with Gasteiger partial charge in [0.1, 0.15) is 0 Å². The van der Waals surface area contributed by atoms with Crippen LogP contribution in [0.5, 0.6) is 0 Å². The van der Waals surface area contributed by atoms with Gasteiger partial charge in [-0.1, -0.05) is 24.3 Å². The van der Waals surface area contributed by atoms with E-state index in [1.165, 1.54) is 11.1 Å². The average molecular weight is 204 g/mol. The van der Waals surface area contributed by atoms with E-state index in [4.69, 9.17) is 5.11 Å². The van der Waals surface area contributed by atoms with Gasteiger partial charge in [0.2, 0.25) is 0 Å². The summed E-state index contributed by atoms with van der Waals surface area (Å²) in [6, 6.07) is 8.24. The summed E-state index contributed by atoms with van der Waals surface area (Å²) >= 11 is 0. The maximum atomic E-state index is 10.9. The Bertz CT molecular complexity index is 371. The van der Waals surface area contributed by atoms with Crippen LogP contribution in [0.25, 0.3) is 0 Å². The standard InChI is InChI=1S/C13H16O2/c1-9-4-2-3-5-10(9)8-11-6-7-12(11)13(14)15/h2-5,11-12H,6-8H2,1H3,(H,14,15). The highest BCUT2D eigenvalue weighted by molar-refractivity contribution is 5.71. The molecule has 1 aliphatic carbocycles. The molecule has 2 nitrogen and oxygen atoms in total. The second kappa shape index (κ2) is 4.05. The molecule has 0 spiro atoms. The van der Waals surface area contributed by atoms with Crippen LogP contribution in [0.4, 0.5) is 0 Å². The maximum Gasteiger partial charge on any atom is 0.306 e. The van der Waals surface area contributed by atoms with Gasteiger partial charge >= 0.3 is 5.97 Å². The Balaban J connectivity index is 2.04. The predicted octanol–water partition coefficient (Wildman–Crippen LogP) is 2.65. The molecule has 1 N–H and O–H groups in total. The minimum atomic E-state index is -0.625. The van der Waals surface area contributed by atoms with Crippen molar-refractivity contribution in [2.45, 2.75) is 26.2 Å². The third kappa shape index (κ3) is 2.04. The van der Waals surface area contributed by atoms with Crippen LogP contribution in [0, 0.1) is 18.8 Å². The molecular formula is C13H16O2. The molecule has 0 aliphatic heterocycles. The molecule has 2 rings (SSSR count). The van der Waals surface area contributed by atoms with Gasteiger partial charge in [-0.2, -0.15) is 0 Å². The van der Waals surface area contributed by atoms with Crippen LogP contribution in [0.15, 0.2) is 24.3 Å². The molecule has 2 unspecified atom stereocenters. The highest BCUT2D eigenvalue weighted by Crippen LogP contribution is 2.37. The molecule has 0 bridgehead atoms. The minimum absolute atomic E-state index is 0.107. The van der Waals surface area contributed by atoms with Gasteiger partial charge in [-0.05, 0) is 43.2 Å². The van der Waals surface area contributed by atoms with Crippen molar-refractivity contribution >= 4 is 5.97 Å². The minimum Gasteiger partial charge on any atom is -0.481 e. The van der Waals surface area contributed by atoms with E-state index in [9.17, 15) is 4.79 Å². The number of hydrogen-bond acceptors (Lipinski definition) is 1. The highest BCUT2D eigenvalue weighted by atomic mass is 16.4. The molecular weight excluding hydrogens is 188 g/mol. The van der Waals surface area contributed by atoms with Gasteiger partial charge < -0.3 is 5.11 Å². The first-order valence-electron chi connectivity index (χ1n) is 5.46. The number of hydrogen-bond donors (Lipinski definition) is 1. The van der Waals surface area contributed by atoms with Crippen molar-refractivity contribution in [2.24, 2.45) is 11.8 Å². The molecule has 2 heteroatoms. The molecule has 0 amide bonds. The second-order valence-corrected chi connectivity index (χ2v) is 4.41. The fraction of sp³-hybridized carbons (Fsp3) is 0.462. The lowest BCUT2D eigenvalue weighted by molar-refractivity contribution is -0.147. The van der Waals surface area contributed by atoms with E-state index in [-0.39, 0.29) is 5.92 Å². The molecule has 1 fully saturated rings. The summed E-state index contributed by atoms with van der Waals surface area (Å²) in [6.45, 7) is 2.09. The lowest BCUT2D eigenvalue weighted by Crippen LogP contribution is -2.34. The zero-order valence-corrected chi connectivity index (χ0v) is 8.94. The molecule has 15 heavy (non-hydrogen) atoms.